The lowest BCUT2D eigenvalue weighted by Gasteiger charge is -2.31. The lowest BCUT2D eigenvalue weighted by molar-refractivity contribution is -0.139. The summed E-state index contributed by atoms with van der Waals surface area (Å²) in [6, 6.07) is 16.4. The fraction of sp³-hybridized carbons (Fsp3) is 0.292. The molecule has 1 saturated heterocycles. The summed E-state index contributed by atoms with van der Waals surface area (Å²) in [4.78, 5) is 38.7. The molecule has 2 N–H and O–H groups in total. The van der Waals surface area contributed by atoms with Gasteiger partial charge in [0.25, 0.3) is 5.91 Å². The van der Waals surface area contributed by atoms with Gasteiger partial charge in [0.1, 0.15) is 5.58 Å². The van der Waals surface area contributed by atoms with Crippen LogP contribution in [0.15, 0.2) is 59.0 Å². The number of halogens is 1. The average Bonchev–Trinajstić information content (AvgIpc) is 3.26. The third-order valence-electron chi connectivity index (χ3n) is 5.69. The van der Waals surface area contributed by atoms with Crippen LogP contribution in [0.3, 0.4) is 0 Å². The molecule has 166 valence electrons. The summed E-state index contributed by atoms with van der Waals surface area (Å²) in [5, 5.41) is 6.71. The van der Waals surface area contributed by atoms with E-state index in [0.29, 0.717) is 36.0 Å². The van der Waals surface area contributed by atoms with Crippen LogP contribution in [0.2, 0.25) is 5.02 Å². The van der Waals surface area contributed by atoms with Crippen LogP contribution in [-0.4, -0.2) is 42.3 Å². The molecule has 2 heterocycles. The molecule has 0 spiro atoms. The number of nitrogens with zero attached hydrogens (tertiary/aromatic N) is 1. The molecule has 32 heavy (non-hydrogen) atoms. The number of hydrogen-bond donors (Lipinski definition) is 2. The van der Waals surface area contributed by atoms with Crippen molar-refractivity contribution in [3.63, 3.8) is 0 Å². The molecule has 0 unspecified atom stereocenters. The van der Waals surface area contributed by atoms with E-state index < -0.39 is 11.8 Å². The molecule has 2 aromatic carbocycles. The molecule has 3 aromatic rings. The Bertz CT molecular complexity index is 1100. The zero-order valence-corrected chi connectivity index (χ0v) is 18.2. The van der Waals surface area contributed by atoms with E-state index in [-0.39, 0.29) is 18.4 Å². The van der Waals surface area contributed by atoms with Gasteiger partial charge in [0, 0.05) is 36.6 Å². The van der Waals surface area contributed by atoms with Crippen molar-refractivity contribution in [3.05, 3.63) is 70.9 Å². The number of rotatable bonds is 5. The lowest BCUT2D eigenvalue weighted by Crippen LogP contribution is -2.44. The number of hydrogen-bond acceptors (Lipinski definition) is 4. The highest BCUT2D eigenvalue weighted by Gasteiger charge is 2.26. The molecule has 0 saturated carbocycles. The second-order valence-electron chi connectivity index (χ2n) is 7.87. The van der Waals surface area contributed by atoms with Gasteiger partial charge in [-0.15, -0.1) is 0 Å². The first-order valence-electron chi connectivity index (χ1n) is 10.6. The van der Waals surface area contributed by atoms with Crippen LogP contribution in [-0.2, 0) is 16.1 Å². The van der Waals surface area contributed by atoms with Crippen LogP contribution >= 0.6 is 11.6 Å². The molecule has 4 rings (SSSR count). The normalized spacial score (nSPS) is 14.3. The maximum Gasteiger partial charge on any atom is 0.309 e. The van der Waals surface area contributed by atoms with Crippen LogP contribution in [0, 0.1) is 5.92 Å². The van der Waals surface area contributed by atoms with E-state index in [2.05, 4.69) is 10.6 Å². The van der Waals surface area contributed by atoms with Crippen molar-refractivity contribution in [1.82, 2.24) is 15.5 Å². The zero-order chi connectivity index (χ0) is 22.5. The van der Waals surface area contributed by atoms with Crippen LogP contribution < -0.4 is 10.6 Å². The summed E-state index contributed by atoms with van der Waals surface area (Å²) in [5.74, 6) is -0.939. The largest absolute Gasteiger partial charge is 0.451 e. The van der Waals surface area contributed by atoms with Crippen LogP contribution in [0.1, 0.15) is 29.0 Å². The van der Waals surface area contributed by atoms with E-state index in [9.17, 15) is 14.4 Å². The zero-order valence-electron chi connectivity index (χ0n) is 17.5. The third kappa shape index (κ3) is 5.11. The number of furan rings is 1. The number of piperidine rings is 1. The number of amides is 3. The molecule has 7 nitrogen and oxygen atoms in total. The fourth-order valence-corrected chi connectivity index (χ4v) is 4.00. The van der Waals surface area contributed by atoms with Crippen molar-refractivity contribution in [1.29, 1.82) is 0 Å². The monoisotopic (exact) mass is 453 g/mol. The number of nitrogens with one attached hydrogen (secondary N) is 2. The smallest absolute Gasteiger partial charge is 0.309 e. The summed E-state index contributed by atoms with van der Waals surface area (Å²) >= 11 is 6.06. The Morgan fingerprint density at radius 2 is 1.66 bits per heavy atom. The number of para-hydroxylation sites is 1. The second kappa shape index (κ2) is 9.87. The van der Waals surface area contributed by atoms with Crippen molar-refractivity contribution in [2.75, 3.05) is 19.6 Å². The standard InChI is InChI=1S/C24H24ClN3O4/c25-19-7-3-1-6-18(19)15-27-23(30)22(29)26-14-16-9-11-28(12-10-16)24(31)21-13-17-5-2-4-8-20(17)32-21/h1-8,13,16H,9-12,14-15H2,(H,26,29)(H,27,30). The van der Waals surface area contributed by atoms with E-state index in [1.807, 2.05) is 30.3 Å². The highest BCUT2D eigenvalue weighted by Crippen LogP contribution is 2.23. The van der Waals surface area contributed by atoms with Crippen molar-refractivity contribution in [2.24, 2.45) is 5.92 Å². The summed E-state index contributed by atoms with van der Waals surface area (Å²) in [7, 11) is 0. The number of benzene rings is 2. The first kappa shape index (κ1) is 21.9. The second-order valence-corrected chi connectivity index (χ2v) is 8.28. The van der Waals surface area contributed by atoms with Gasteiger partial charge in [-0.2, -0.15) is 0 Å². The van der Waals surface area contributed by atoms with E-state index in [0.717, 1.165) is 23.8 Å². The Morgan fingerprint density at radius 3 is 2.41 bits per heavy atom. The van der Waals surface area contributed by atoms with Crippen LogP contribution in [0.5, 0.6) is 0 Å². The van der Waals surface area contributed by atoms with Crippen molar-refractivity contribution in [3.8, 4) is 0 Å². The van der Waals surface area contributed by atoms with Gasteiger partial charge in [0.2, 0.25) is 0 Å². The molecule has 0 atom stereocenters. The molecule has 8 heteroatoms. The molecular weight excluding hydrogens is 430 g/mol. The molecule has 1 fully saturated rings. The Kier molecular flexibility index (Phi) is 6.75. The first-order valence-corrected chi connectivity index (χ1v) is 11.0. The first-order chi connectivity index (χ1) is 15.5. The van der Waals surface area contributed by atoms with E-state index in [4.69, 9.17) is 16.0 Å². The molecule has 1 aliphatic rings. The van der Waals surface area contributed by atoms with E-state index in [1.54, 1.807) is 29.2 Å². The summed E-state index contributed by atoms with van der Waals surface area (Å²) < 4.78 is 5.68. The minimum absolute atomic E-state index is 0.123. The van der Waals surface area contributed by atoms with E-state index in [1.165, 1.54) is 0 Å². The van der Waals surface area contributed by atoms with Gasteiger partial charge in [0.05, 0.1) is 0 Å². The van der Waals surface area contributed by atoms with Crippen LogP contribution in [0.25, 0.3) is 11.0 Å². The Labute approximate surface area is 190 Å². The fourth-order valence-electron chi connectivity index (χ4n) is 3.80. The molecular formula is C24H24ClN3O4. The number of fused-ring (bicyclic) bond motifs is 1. The van der Waals surface area contributed by atoms with Crippen molar-refractivity contribution in [2.45, 2.75) is 19.4 Å². The number of carbonyl (C=O) groups is 3. The van der Waals surface area contributed by atoms with E-state index >= 15 is 0 Å². The van der Waals surface area contributed by atoms with Crippen molar-refractivity contribution >= 4 is 40.3 Å². The summed E-state index contributed by atoms with van der Waals surface area (Å²) in [6.45, 7) is 1.74. The summed E-state index contributed by atoms with van der Waals surface area (Å²) in [6.07, 6.45) is 1.49. The Hall–Kier alpha value is -3.32. The van der Waals surface area contributed by atoms with Crippen molar-refractivity contribution < 1.29 is 18.8 Å². The maximum atomic E-state index is 12.7. The van der Waals surface area contributed by atoms with Crippen LogP contribution in [0.4, 0.5) is 0 Å². The molecule has 0 radical (unpaired) electrons. The number of carbonyl (C=O) groups excluding carboxylic acids is 3. The van der Waals surface area contributed by atoms with Gasteiger partial charge in [0.15, 0.2) is 5.76 Å². The SMILES string of the molecule is O=C(NCc1ccccc1Cl)C(=O)NCC1CCN(C(=O)c2cc3ccccc3o2)CC1. The minimum Gasteiger partial charge on any atom is -0.451 e. The third-order valence-corrected chi connectivity index (χ3v) is 6.06. The minimum atomic E-state index is -0.692. The molecule has 1 aliphatic heterocycles. The maximum absolute atomic E-state index is 12.7. The topological polar surface area (TPSA) is 91.7 Å². The van der Waals surface area contributed by atoms with Gasteiger partial charge in [-0.1, -0.05) is 48.0 Å². The Morgan fingerprint density at radius 1 is 0.969 bits per heavy atom. The van der Waals surface area contributed by atoms with Gasteiger partial charge < -0.3 is 20.0 Å². The highest BCUT2D eigenvalue weighted by molar-refractivity contribution is 6.35. The van der Waals surface area contributed by atoms with Gasteiger partial charge in [-0.3, -0.25) is 14.4 Å². The van der Waals surface area contributed by atoms with Gasteiger partial charge in [-0.25, -0.2) is 0 Å². The highest BCUT2D eigenvalue weighted by atomic mass is 35.5. The average molecular weight is 454 g/mol. The molecule has 0 bridgehead atoms. The molecule has 0 aliphatic carbocycles. The lowest BCUT2D eigenvalue weighted by atomic mass is 9.96. The summed E-state index contributed by atoms with van der Waals surface area (Å²) in [5.41, 5.74) is 1.44. The quantitative estimate of drug-likeness (QED) is 0.579. The van der Waals surface area contributed by atoms with Gasteiger partial charge >= 0.3 is 11.8 Å². The molecule has 3 amide bonds. The molecule has 1 aromatic heterocycles. The predicted molar refractivity (Wildman–Crippen MR) is 121 cm³/mol. The van der Waals surface area contributed by atoms with Gasteiger partial charge in [-0.05, 0) is 42.5 Å². The number of likely N-dealkylation sites (tertiary alicyclic amines) is 1. The Balaban J connectivity index is 1.20. The predicted octanol–water partition coefficient (Wildman–Crippen LogP) is 3.37.